The van der Waals surface area contributed by atoms with Crippen LogP contribution in [0.15, 0.2) is 53.3 Å². The van der Waals surface area contributed by atoms with Gasteiger partial charge in [0.05, 0.1) is 11.4 Å². The molecule has 49 heavy (non-hydrogen) atoms. The number of amides is 4. The highest BCUT2D eigenvalue weighted by Gasteiger charge is 2.94. The average molecular weight is 742 g/mol. The minimum Gasteiger partial charge on any atom is -0.427 e. The van der Waals surface area contributed by atoms with Gasteiger partial charge < -0.3 is 4.74 Å². The van der Waals surface area contributed by atoms with E-state index in [0.717, 1.165) is 13.8 Å². The van der Waals surface area contributed by atoms with Crippen LogP contribution in [0.5, 0.6) is 5.75 Å². The van der Waals surface area contributed by atoms with E-state index >= 15 is 0 Å². The van der Waals surface area contributed by atoms with E-state index in [4.69, 9.17) is 0 Å². The van der Waals surface area contributed by atoms with Gasteiger partial charge in [-0.2, -0.15) is 74.6 Å². The average Bonchev–Trinajstić information content (AvgIpc) is 3.36. The highest BCUT2D eigenvalue weighted by Crippen LogP contribution is 2.63. The van der Waals surface area contributed by atoms with Crippen LogP contribution in [0, 0.1) is 0 Å². The number of allylic oxidation sites excluding steroid dienone is 1. The van der Waals surface area contributed by atoms with Crippen molar-refractivity contribution in [1.29, 1.82) is 0 Å². The predicted molar refractivity (Wildman–Crippen MR) is 125 cm³/mol. The second-order valence-corrected chi connectivity index (χ2v) is 9.90. The third kappa shape index (κ3) is 5.47. The van der Waals surface area contributed by atoms with Crippen LogP contribution in [-0.4, -0.2) is 65.3 Å². The van der Waals surface area contributed by atoms with Crippen LogP contribution in [0.3, 0.4) is 0 Å². The summed E-state index contributed by atoms with van der Waals surface area (Å²) in [5.41, 5.74) is -2.64. The third-order valence-electron chi connectivity index (χ3n) is 6.62. The molecule has 0 unspecified atom stereocenters. The summed E-state index contributed by atoms with van der Waals surface area (Å²) in [6.07, 6.45) is -6.64. The molecule has 0 bridgehead atoms. The van der Waals surface area contributed by atoms with Crippen LogP contribution in [0.4, 0.5) is 86.0 Å². The van der Waals surface area contributed by atoms with Crippen LogP contribution in [-0.2, 0) is 19.2 Å². The second-order valence-electron chi connectivity index (χ2n) is 9.90. The van der Waals surface area contributed by atoms with Crippen LogP contribution < -0.4 is 14.5 Å². The van der Waals surface area contributed by atoms with E-state index in [9.17, 15) is 93.8 Å². The van der Waals surface area contributed by atoms with Crippen molar-refractivity contribution in [2.75, 3.05) is 9.80 Å². The zero-order valence-electron chi connectivity index (χ0n) is 23.2. The van der Waals surface area contributed by atoms with Crippen molar-refractivity contribution in [3.05, 3.63) is 53.3 Å². The molecule has 4 amide bonds. The lowest BCUT2D eigenvalue weighted by atomic mass is 9.91. The number of ether oxygens (including phenoxy) is 1. The van der Waals surface area contributed by atoms with Gasteiger partial charge in [-0.15, -0.1) is 0 Å². The number of rotatable bonds is 10. The largest absolute Gasteiger partial charge is 0.460 e. The molecule has 1 aromatic carbocycles. The number of anilines is 2. The Kier molecular flexibility index (Phi) is 9.06. The van der Waals surface area contributed by atoms with Crippen molar-refractivity contribution < 1.29 is 98.6 Å². The first-order valence-corrected chi connectivity index (χ1v) is 12.2. The summed E-state index contributed by atoms with van der Waals surface area (Å²) in [5.74, 6) is -62.3. The van der Waals surface area contributed by atoms with E-state index in [1.165, 1.54) is 0 Å². The van der Waals surface area contributed by atoms with E-state index in [0.29, 0.717) is 24.3 Å². The number of alkyl halides is 15. The molecule has 0 N–H and O–H groups in total. The van der Waals surface area contributed by atoms with Crippen molar-refractivity contribution in [2.24, 2.45) is 0 Å². The summed E-state index contributed by atoms with van der Waals surface area (Å²) in [6.45, 7) is 2.06. The fraction of sp³-hybridized carbons (Fsp3) is 0.360. The van der Waals surface area contributed by atoms with E-state index in [-0.39, 0.29) is 21.4 Å². The number of hydrogen-bond acceptors (Lipinski definition) is 5. The minimum absolute atomic E-state index is 0.0128. The zero-order chi connectivity index (χ0) is 38.2. The van der Waals surface area contributed by atoms with Crippen molar-refractivity contribution in [2.45, 2.75) is 55.6 Å². The number of carbonyl (C=O) groups is 4. The maximum Gasteiger partial charge on any atom is 0.460 e. The summed E-state index contributed by atoms with van der Waals surface area (Å²) in [6, 6.07) is -2.57. The molecule has 0 atom stereocenters. The Balaban J connectivity index is 2.17. The van der Waals surface area contributed by atoms with Crippen molar-refractivity contribution in [1.82, 2.24) is 0 Å². The van der Waals surface area contributed by atoms with Gasteiger partial charge in [-0.3, -0.25) is 19.2 Å². The molecule has 0 spiro atoms. The topological polar surface area (TPSA) is 84.0 Å². The molecule has 0 radical (unpaired) electrons. The van der Waals surface area contributed by atoms with Gasteiger partial charge >= 0.3 is 47.7 Å². The quantitative estimate of drug-likeness (QED) is 0.144. The van der Waals surface area contributed by atoms with Gasteiger partial charge in [-0.25, -0.2) is 9.80 Å². The Labute approximate surface area is 258 Å². The Morgan fingerprint density at radius 2 is 1.00 bits per heavy atom. The van der Waals surface area contributed by atoms with Crippen LogP contribution in [0.1, 0.15) is 13.8 Å². The maximum absolute atomic E-state index is 14.7. The van der Waals surface area contributed by atoms with Crippen molar-refractivity contribution in [3.8, 4) is 5.75 Å². The first-order valence-electron chi connectivity index (χ1n) is 12.2. The van der Waals surface area contributed by atoms with Gasteiger partial charge in [0.15, 0.2) is 5.75 Å². The number of imide groups is 2. The molecule has 270 valence electrons. The number of carbonyl (C=O) groups excluding carboxylic acids is 4. The SMILES string of the molecule is CC1=CC(=O)N(c2ccc(N3C(=O)C=C(C)C3=O)c(OC(F)=C(F)C(F)(F)C(F)(F)C(F)(F)C(F)(F)C(F)(F)C(F)(F)C(F)(F)F)c2)C1=O. The maximum atomic E-state index is 14.7. The van der Waals surface area contributed by atoms with Gasteiger partial charge in [0.2, 0.25) is 5.83 Å². The van der Waals surface area contributed by atoms with Crippen LogP contribution in [0.25, 0.3) is 0 Å². The molecular formula is C25H11F17N2O5. The molecule has 2 aliphatic heterocycles. The molecule has 0 saturated carbocycles. The van der Waals surface area contributed by atoms with Crippen LogP contribution in [0.2, 0.25) is 0 Å². The van der Waals surface area contributed by atoms with E-state index < -0.39 is 99.9 Å². The second kappa shape index (κ2) is 11.5. The van der Waals surface area contributed by atoms with Gasteiger partial charge in [0.25, 0.3) is 23.6 Å². The smallest absolute Gasteiger partial charge is 0.427 e. The Hall–Kier alpha value is -4.67. The third-order valence-corrected chi connectivity index (χ3v) is 6.62. The lowest BCUT2D eigenvalue weighted by Crippen LogP contribution is -2.72. The standard InChI is InChI=1S/C25H11F17N2O5/c1-8-5-13(45)43(17(8)47)10-3-4-11(44-14(46)6-9(2)18(44)48)12(7-10)49-16(27)15(26)19(28,29)20(30,31)21(32,33)22(34,35)23(36,37)24(38,39)25(40,41)42/h3-7H,1-2H3. The minimum atomic E-state index is -8.80. The van der Waals surface area contributed by atoms with Gasteiger partial charge in [0.1, 0.15) is 0 Å². The molecule has 3 rings (SSSR count). The van der Waals surface area contributed by atoms with Crippen molar-refractivity contribution in [3.63, 3.8) is 0 Å². The molecule has 1 aromatic rings. The van der Waals surface area contributed by atoms with Gasteiger partial charge in [0, 0.05) is 29.4 Å². The van der Waals surface area contributed by atoms with Gasteiger partial charge in [-0.1, -0.05) is 0 Å². The monoisotopic (exact) mass is 742 g/mol. The fourth-order valence-electron chi connectivity index (χ4n) is 3.93. The molecular weight excluding hydrogens is 731 g/mol. The van der Waals surface area contributed by atoms with Crippen molar-refractivity contribution >= 4 is 35.0 Å². The number of benzene rings is 1. The highest BCUT2D eigenvalue weighted by molar-refractivity contribution is 6.32. The Morgan fingerprint density at radius 1 is 0.592 bits per heavy atom. The molecule has 7 nitrogen and oxygen atoms in total. The predicted octanol–water partition coefficient (Wildman–Crippen LogP) is 7.19. The molecule has 2 heterocycles. The molecule has 0 fully saturated rings. The molecule has 24 heteroatoms. The Bertz CT molecular complexity index is 1730. The highest BCUT2D eigenvalue weighted by atomic mass is 19.4. The number of hydrogen-bond donors (Lipinski definition) is 0. The first kappa shape index (κ1) is 38.8. The lowest BCUT2D eigenvalue weighted by molar-refractivity contribution is -0.451. The summed E-state index contributed by atoms with van der Waals surface area (Å²) < 4.78 is 235. The van der Waals surface area contributed by atoms with E-state index in [1.807, 2.05) is 0 Å². The Morgan fingerprint density at radius 3 is 1.41 bits per heavy atom. The number of nitrogens with zero attached hydrogens (tertiary/aromatic N) is 2. The summed E-state index contributed by atoms with van der Waals surface area (Å²) in [4.78, 5) is 49.3. The van der Waals surface area contributed by atoms with E-state index in [2.05, 4.69) is 4.74 Å². The van der Waals surface area contributed by atoms with Crippen LogP contribution >= 0.6 is 0 Å². The molecule has 0 saturated heterocycles. The summed E-state index contributed by atoms with van der Waals surface area (Å²) in [7, 11) is 0. The summed E-state index contributed by atoms with van der Waals surface area (Å²) in [5, 5.41) is 0. The fourth-order valence-corrected chi connectivity index (χ4v) is 3.93. The van der Waals surface area contributed by atoms with Gasteiger partial charge in [-0.05, 0) is 26.0 Å². The number of halogens is 17. The van der Waals surface area contributed by atoms with E-state index in [1.54, 1.807) is 0 Å². The molecule has 2 aliphatic rings. The molecule has 0 aromatic heterocycles. The normalized spacial score (nSPS) is 17.9. The molecule has 0 aliphatic carbocycles. The summed E-state index contributed by atoms with van der Waals surface area (Å²) >= 11 is 0. The zero-order valence-corrected chi connectivity index (χ0v) is 23.2. The lowest BCUT2D eigenvalue weighted by Gasteiger charge is -2.41. The first-order chi connectivity index (χ1) is 21.8.